The van der Waals surface area contributed by atoms with E-state index in [0.717, 1.165) is 55.4 Å². The highest BCUT2D eigenvalue weighted by Gasteiger charge is 2.65. The van der Waals surface area contributed by atoms with E-state index in [9.17, 15) is 20.1 Å². The predicted octanol–water partition coefficient (Wildman–Crippen LogP) is 5.15. The van der Waals surface area contributed by atoms with Gasteiger partial charge in [-0.25, -0.2) is 0 Å². The lowest BCUT2D eigenvalue weighted by atomic mass is 9.55. The molecule has 0 aromatic heterocycles. The first kappa shape index (κ1) is 39.0. The van der Waals surface area contributed by atoms with Crippen LogP contribution in [0.1, 0.15) is 76.2 Å². The number of rotatable bonds is 23. The summed E-state index contributed by atoms with van der Waals surface area (Å²) in [5.41, 5.74) is 2.78. The molecule has 4 aliphatic rings. The van der Waals surface area contributed by atoms with Gasteiger partial charge >= 0.3 is 0 Å². The summed E-state index contributed by atoms with van der Waals surface area (Å²) in [5.74, 6) is -0.186. The maximum Gasteiger partial charge on any atom is 0.239 e. The minimum Gasteiger partial charge on any atom is -0.490 e. The van der Waals surface area contributed by atoms with Gasteiger partial charge in [-0.1, -0.05) is 42.8 Å². The van der Waals surface area contributed by atoms with Crippen LogP contribution in [-0.4, -0.2) is 103 Å². The summed E-state index contributed by atoms with van der Waals surface area (Å²) in [6.07, 6.45) is 12.6. The Morgan fingerprint density at radius 1 is 1.04 bits per heavy atom. The predicted molar refractivity (Wildman–Crippen MR) is 195 cm³/mol. The zero-order chi connectivity index (χ0) is 36.2. The molecule has 282 valence electrons. The van der Waals surface area contributed by atoms with Crippen LogP contribution in [0.3, 0.4) is 0 Å². The molecule has 51 heavy (non-hydrogen) atoms. The van der Waals surface area contributed by atoms with Gasteiger partial charge in [0, 0.05) is 43.6 Å². The SMILES string of the molecule is C=CCOc1ccc2c(c1)C1C(CCCCO)C(CCCCO)C=C3C(=NOCC)CC(N(CCOCCO)C(=O)C4CC4)C(OCC=C)(O2)C31. The summed E-state index contributed by atoms with van der Waals surface area (Å²) in [5, 5.41) is 33.7. The molecule has 6 atom stereocenters. The Labute approximate surface area is 302 Å². The molecule has 11 heteroatoms. The summed E-state index contributed by atoms with van der Waals surface area (Å²) in [7, 11) is 0. The van der Waals surface area contributed by atoms with E-state index >= 15 is 0 Å². The molecular weight excluding hydrogens is 652 g/mol. The van der Waals surface area contributed by atoms with Crippen molar-refractivity contribution in [3.8, 4) is 11.5 Å². The number of ether oxygens (including phenoxy) is 4. The second kappa shape index (κ2) is 19.0. The first-order chi connectivity index (χ1) is 25.0. The summed E-state index contributed by atoms with van der Waals surface area (Å²) in [6.45, 7) is 11.5. The number of hydrogen-bond donors (Lipinski definition) is 3. The number of amides is 1. The first-order valence-corrected chi connectivity index (χ1v) is 18.9. The monoisotopic (exact) mass is 710 g/mol. The van der Waals surface area contributed by atoms with Gasteiger partial charge in [0.2, 0.25) is 11.7 Å². The zero-order valence-corrected chi connectivity index (χ0v) is 30.3. The summed E-state index contributed by atoms with van der Waals surface area (Å²) in [4.78, 5) is 22.0. The second-order valence-corrected chi connectivity index (χ2v) is 13.9. The van der Waals surface area contributed by atoms with Gasteiger partial charge < -0.3 is 44.0 Å². The molecule has 5 rings (SSSR count). The molecule has 2 saturated carbocycles. The Balaban J connectivity index is 1.74. The molecule has 2 fully saturated rings. The lowest BCUT2D eigenvalue weighted by molar-refractivity contribution is -0.258. The van der Waals surface area contributed by atoms with E-state index in [4.69, 9.17) is 28.9 Å². The average molecular weight is 711 g/mol. The molecule has 0 spiro atoms. The molecule has 1 aliphatic heterocycles. The van der Waals surface area contributed by atoms with Crippen LogP contribution in [0, 0.1) is 23.7 Å². The summed E-state index contributed by atoms with van der Waals surface area (Å²) < 4.78 is 26.0. The smallest absolute Gasteiger partial charge is 0.239 e. The van der Waals surface area contributed by atoms with Crippen molar-refractivity contribution < 1.29 is 43.9 Å². The number of benzene rings is 1. The van der Waals surface area contributed by atoms with Gasteiger partial charge in [0.1, 0.15) is 30.8 Å². The van der Waals surface area contributed by atoms with Gasteiger partial charge in [-0.05, 0) is 81.1 Å². The van der Waals surface area contributed by atoms with E-state index in [-0.39, 0.29) is 75.1 Å². The van der Waals surface area contributed by atoms with Crippen molar-refractivity contribution in [2.24, 2.45) is 28.8 Å². The Morgan fingerprint density at radius 3 is 2.49 bits per heavy atom. The fraction of sp³-hybridized carbons (Fsp3) is 0.650. The third-order valence-electron chi connectivity index (χ3n) is 10.6. The Hall–Kier alpha value is -3.22. The second-order valence-electron chi connectivity index (χ2n) is 13.9. The quantitative estimate of drug-likeness (QED) is 0.0800. The van der Waals surface area contributed by atoms with Gasteiger partial charge in [0.05, 0.1) is 38.1 Å². The van der Waals surface area contributed by atoms with Crippen molar-refractivity contribution in [2.75, 3.05) is 59.4 Å². The molecule has 1 aromatic carbocycles. The highest BCUT2D eigenvalue weighted by molar-refractivity contribution is 6.03. The van der Waals surface area contributed by atoms with Crippen molar-refractivity contribution >= 4 is 11.6 Å². The number of hydrogen-bond acceptors (Lipinski definition) is 10. The average Bonchev–Trinajstić information content (AvgIpc) is 4.00. The van der Waals surface area contributed by atoms with E-state index in [1.54, 1.807) is 12.2 Å². The van der Waals surface area contributed by atoms with Crippen LogP contribution in [0.25, 0.3) is 0 Å². The van der Waals surface area contributed by atoms with E-state index in [0.29, 0.717) is 50.5 Å². The standard InChI is InChI=1S/C40H58N2O9/c1-4-21-48-30-15-16-35-33(26-30)37-31(12-8-10-19-44)29(11-7-9-18-43)25-32-34(41-50-6-3)27-36(40(51-35,38(32)37)49-22-5-2)42(17-23-47-24-20-45)39(46)28-13-14-28/h4-5,15-16,25-26,28-29,31,36-38,43-45H,1-2,6-14,17-24,27H2,3H3. The van der Waals surface area contributed by atoms with Crippen molar-refractivity contribution in [1.82, 2.24) is 4.90 Å². The fourth-order valence-corrected chi connectivity index (χ4v) is 8.35. The van der Waals surface area contributed by atoms with Crippen LogP contribution in [-0.2, 0) is 19.1 Å². The largest absolute Gasteiger partial charge is 0.490 e. The molecule has 1 heterocycles. The third kappa shape index (κ3) is 8.88. The normalized spacial score (nSPS) is 27.1. The Bertz CT molecular complexity index is 1380. The summed E-state index contributed by atoms with van der Waals surface area (Å²) in [6, 6.07) is 5.34. The molecule has 6 unspecified atom stereocenters. The molecule has 0 bridgehead atoms. The van der Waals surface area contributed by atoms with Gasteiger partial charge in [0.25, 0.3) is 0 Å². The van der Waals surface area contributed by atoms with Crippen molar-refractivity contribution in [3.63, 3.8) is 0 Å². The molecule has 11 nitrogen and oxygen atoms in total. The summed E-state index contributed by atoms with van der Waals surface area (Å²) >= 11 is 0. The van der Waals surface area contributed by atoms with Crippen molar-refractivity contribution in [1.29, 1.82) is 0 Å². The number of aliphatic hydroxyl groups excluding tert-OH is 3. The topological polar surface area (TPSA) is 140 Å². The molecule has 3 N–H and O–H groups in total. The van der Waals surface area contributed by atoms with Gasteiger partial charge in [-0.3, -0.25) is 4.79 Å². The number of carbonyl (C=O) groups excluding carboxylic acids is 1. The maximum atomic E-state index is 14.3. The number of aliphatic hydroxyl groups is 3. The van der Waals surface area contributed by atoms with Crippen LogP contribution in [0.2, 0.25) is 0 Å². The van der Waals surface area contributed by atoms with Crippen LogP contribution < -0.4 is 9.47 Å². The van der Waals surface area contributed by atoms with Crippen LogP contribution in [0.4, 0.5) is 0 Å². The number of carbonyl (C=O) groups is 1. The minimum atomic E-state index is -1.31. The lowest BCUT2D eigenvalue weighted by Crippen LogP contribution is -2.70. The number of fused-ring (bicyclic) bond motifs is 2. The van der Waals surface area contributed by atoms with Crippen LogP contribution in [0.15, 0.2) is 60.3 Å². The zero-order valence-electron chi connectivity index (χ0n) is 30.3. The highest BCUT2D eigenvalue weighted by atomic mass is 16.7. The number of oxime groups is 1. The minimum absolute atomic E-state index is 0.0358. The molecule has 3 aliphatic carbocycles. The molecule has 1 amide bonds. The van der Waals surface area contributed by atoms with Gasteiger partial charge in [-0.15, -0.1) is 6.58 Å². The van der Waals surface area contributed by atoms with E-state index in [1.807, 2.05) is 24.0 Å². The molecular formula is C40H58N2O9. The molecule has 1 aromatic rings. The highest BCUT2D eigenvalue weighted by Crippen LogP contribution is 2.62. The lowest BCUT2D eigenvalue weighted by Gasteiger charge is -2.60. The van der Waals surface area contributed by atoms with Gasteiger partial charge in [0.15, 0.2) is 0 Å². The number of unbranched alkanes of at least 4 members (excludes halogenated alkanes) is 2. The molecule has 0 saturated heterocycles. The third-order valence-corrected chi connectivity index (χ3v) is 10.6. The number of allylic oxidation sites excluding steroid dienone is 1. The Morgan fingerprint density at radius 2 is 1.80 bits per heavy atom. The molecule has 0 radical (unpaired) electrons. The van der Waals surface area contributed by atoms with E-state index in [1.165, 1.54) is 0 Å². The Kier molecular flexibility index (Phi) is 14.6. The van der Waals surface area contributed by atoms with E-state index in [2.05, 4.69) is 25.3 Å². The number of nitrogens with zero attached hydrogens (tertiary/aromatic N) is 2. The van der Waals surface area contributed by atoms with Crippen LogP contribution in [0.5, 0.6) is 11.5 Å². The first-order valence-electron chi connectivity index (χ1n) is 18.9. The van der Waals surface area contributed by atoms with Crippen LogP contribution >= 0.6 is 0 Å². The van der Waals surface area contributed by atoms with Crippen molar-refractivity contribution in [3.05, 3.63) is 60.7 Å². The van der Waals surface area contributed by atoms with Gasteiger partial charge in [-0.2, -0.15) is 0 Å². The maximum absolute atomic E-state index is 14.3. The van der Waals surface area contributed by atoms with E-state index < -0.39 is 11.8 Å². The fourth-order valence-electron chi connectivity index (χ4n) is 8.35. The van der Waals surface area contributed by atoms with Crippen molar-refractivity contribution in [2.45, 2.75) is 82.5 Å².